The number of aliphatic carboxylic acids is 1. The molecule has 6 heteroatoms. The molecule has 2 rings (SSSR count). The molecule has 0 spiro atoms. The van der Waals surface area contributed by atoms with E-state index in [1.165, 1.54) is 6.20 Å². The first-order valence-corrected chi connectivity index (χ1v) is 6.99. The van der Waals surface area contributed by atoms with Gasteiger partial charge in [0.25, 0.3) is 5.91 Å². The average Bonchev–Trinajstić information content (AvgIpc) is 2.84. The van der Waals surface area contributed by atoms with E-state index in [4.69, 9.17) is 0 Å². The number of benzene rings is 1. The Morgan fingerprint density at radius 2 is 1.91 bits per heavy atom. The first-order chi connectivity index (χ1) is 10.4. The first kappa shape index (κ1) is 15.8. The number of aryl methyl sites for hydroxylation is 1. The summed E-state index contributed by atoms with van der Waals surface area (Å²) < 4.78 is 1.60. The molecular weight excluding hydrogens is 282 g/mol. The molecule has 0 saturated heterocycles. The zero-order chi connectivity index (χ0) is 16.3. The van der Waals surface area contributed by atoms with Crippen LogP contribution in [0.1, 0.15) is 34.6 Å². The Balaban J connectivity index is 2.29. The van der Waals surface area contributed by atoms with Gasteiger partial charge in [0.05, 0.1) is 23.7 Å². The van der Waals surface area contributed by atoms with Crippen LogP contribution < -0.4 is 5.32 Å². The van der Waals surface area contributed by atoms with Gasteiger partial charge < -0.3 is 10.4 Å². The Hall–Kier alpha value is -2.63. The van der Waals surface area contributed by atoms with Gasteiger partial charge in [-0.1, -0.05) is 30.3 Å². The molecule has 22 heavy (non-hydrogen) atoms. The highest BCUT2D eigenvalue weighted by Crippen LogP contribution is 2.23. The third-order valence-electron chi connectivity index (χ3n) is 3.81. The molecule has 0 bridgehead atoms. The highest BCUT2D eigenvalue weighted by atomic mass is 16.4. The average molecular weight is 301 g/mol. The largest absolute Gasteiger partial charge is 0.481 e. The molecule has 1 heterocycles. The Morgan fingerprint density at radius 3 is 2.41 bits per heavy atom. The Bertz CT molecular complexity index is 679. The number of nitrogens with one attached hydrogen (secondary N) is 1. The maximum atomic E-state index is 12.4. The third kappa shape index (κ3) is 3.16. The third-order valence-corrected chi connectivity index (χ3v) is 3.81. The molecule has 1 amide bonds. The maximum absolute atomic E-state index is 12.4. The summed E-state index contributed by atoms with van der Waals surface area (Å²) in [6.07, 6.45) is 1.48. The second kappa shape index (κ2) is 6.43. The van der Waals surface area contributed by atoms with Gasteiger partial charge in [-0.3, -0.25) is 14.3 Å². The van der Waals surface area contributed by atoms with Gasteiger partial charge in [0.15, 0.2) is 0 Å². The van der Waals surface area contributed by atoms with E-state index in [9.17, 15) is 14.7 Å². The Labute approximate surface area is 128 Å². The number of carbonyl (C=O) groups is 2. The smallest absolute Gasteiger partial charge is 0.308 e. The van der Waals surface area contributed by atoms with E-state index in [0.717, 1.165) is 11.3 Å². The van der Waals surface area contributed by atoms with Gasteiger partial charge in [-0.25, -0.2) is 0 Å². The van der Waals surface area contributed by atoms with Gasteiger partial charge >= 0.3 is 5.97 Å². The number of carbonyl (C=O) groups excluding carboxylic acids is 1. The maximum Gasteiger partial charge on any atom is 0.308 e. The molecular formula is C16H19N3O3. The highest BCUT2D eigenvalue weighted by molar-refractivity contribution is 5.95. The molecule has 0 fully saturated rings. The molecule has 2 N–H and O–H groups in total. The minimum atomic E-state index is -0.961. The summed E-state index contributed by atoms with van der Waals surface area (Å²) in [5, 5.41) is 16.1. The van der Waals surface area contributed by atoms with E-state index >= 15 is 0 Å². The fourth-order valence-corrected chi connectivity index (χ4v) is 2.24. The summed E-state index contributed by atoms with van der Waals surface area (Å²) in [5.41, 5.74) is 1.93. The molecule has 2 atom stereocenters. The Kier molecular flexibility index (Phi) is 4.60. The highest BCUT2D eigenvalue weighted by Gasteiger charge is 2.27. The topological polar surface area (TPSA) is 84.2 Å². The van der Waals surface area contributed by atoms with Crippen molar-refractivity contribution < 1.29 is 14.7 Å². The lowest BCUT2D eigenvalue weighted by Gasteiger charge is -2.22. The first-order valence-electron chi connectivity index (χ1n) is 6.99. The summed E-state index contributed by atoms with van der Waals surface area (Å²) in [6.45, 7) is 3.37. The fraction of sp³-hybridized carbons (Fsp3) is 0.312. The molecule has 2 aromatic rings. The summed E-state index contributed by atoms with van der Waals surface area (Å²) >= 11 is 0. The van der Waals surface area contributed by atoms with Crippen LogP contribution in [0, 0.1) is 12.8 Å². The van der Waals surface area contributed by atoms with Crippen LogP contribution in [0.3, 0.4) is 0 Å². The van der Waals surface area contributed by atoms with E-state index in [2.05, 4.69) is 10.4 Å². The number of carboxylic acids is 1. The van der Waals surface area contributed by atoms with E-state index in [0.29, 0.717) is 5.56 Å². The molecule has 1 aromatic carbocycles. The number of nitrogens with zero attached hydrogens (tertiary/aromatic N) is 2. The number of hydrogen-bond acceptors (Lipinski definition) is 3. The summed E-state index contributed by atoms with van der Waals surface area (Å²) in [5.74, 6) is -2.03. The molecule has 6 nitrogen and oxygen atoms in total. The van der Waals surface area contributed by atoms with Crippen molar-refractivity contribution in [1.29, 1.82) is 0 Å². The van der Waals surface area contributed by atoms with Crippen molar-refractivity contribution in [3.05, 3.63) is 53.3 Å². The number of hydrogen-bond donors (Lipinski definition) is 2. The van der Waals surface area contributed by atoms with Gasteiger partial charge in [-0.2, -0.15) is 5.10 Å². The minimum absolute atomic E-state index is 0.326. The fourth-order valence-electron chi connectivity index (χ4n) is 2.24. The van der Waals surface area contributed by atoms with E-state index in [1.54, 1.807) is 37.7 Å². The molecule has 0 aliphatic rings. The van der Waals surface area contributed by atoms with Crippen LogP contribution in [0.4, 0.5) is 0 Å². The van der Waals surface area contributed by atoms with Crippen molar-refractivity contribution in [2.45, 2.75) is 19.9 Å². The van der Waals surface area contributed by atoms with Gasteiger partial charge in [0.2, 0.25) is 0 Å². The normalized spacial score (nSPS) is 13.4. The summed E-state index contributed by atoms with van der Waals surface area (Å²) in [4.78, 5) is 23.8. The van der Waals surface area contributed by atoms with Gasteiger partial charge in [-0.15, -0.1) is 0 Å². The Morgan fingerprint density at radius 1 is 1.27 bits per heavy atom. The van der Waals surface area contributed by atoms with Gasteiger partial charge in [0, 0.05) is 12.7 Å². The zero-order valence-corrected chi connectivity index (χ0v) is 12.8. The van der Waals surface area contributed by atoms with Crippen LogP contribution >= 0.6 is 0 Å². The number of amides is 1. The predicted molar refractivity (Wildman–Crippen MR) is 81.4 cm³/mol. The van der Waals surface area contributed by atoms with Crippen LogP contribution in [-0.2, 0) is 11.8 Å². The van der Waals surface area contributed by atoms with Crippen LogP contribution in [0.15, 0.2) is 36.5 Å². The number of aromatic nitrogens is 2. The standard InChI is InChI=1S/C16H19N3O3/c1-10(16(21)22)14(12-7-5-4-6-8-12)18-15(20)13-9-17-19(3)11(13)2/h4-10,14H,1-3H3,(H,18,20)(H,21,22). The minimum Gasteiger partial charge on any atom is -0.481 e. The van der Waals surface area contributed by atoms with Crippen LogP contribution in [0.2, 0.25) is 0 Å². The predicted octanol–water partition coefficient (Wildman–Crippen LogP) is 1.92. The lowest BCUT2D eigenvalue weighted by molar-refractivity contribution is -0.142. The van der Waals surface area contributed by atoms with Crippen molar-refractivity contribution in [3.63, 3.8) is 0 Å². The summed E-state index contributed by atoms with van der Waals surface area (Å²) in [6, 6.07) is 8.49. The second-order valence-electron chi connectivity index (χ2n) is 5.26. The van der Waals surface area contributed by atoms with E-state index in [1.807, 2.05) is 18.2 Å². The lowest BCUT2D eigenvalue weighted by atomic mass is 9.94. The number of carboxylic acid groups (broad SMARTS) is 1. The van der Waals surface area contributed by atoms with Crippen molar-refractivity contribution in [2.24, 2.45) is 13.0 Å². The molecule has 116 valence electrons. The second-order valence-corrected chi connectivity index (χ2v) is 5.26. The van der Waals surface area contributed by atoms with Crippen molar-refractivity contribution in [2.75, 3.05) is 0 Å². The van der Waals surface area contributed by atoms with Crippen molar-refractivity contribution in [3.8, 4) is 0 Å². The van der Waals surface area contributed by atoms with Crippen molar-refractivity contribution in [1.82, 2.24) is 15.1 Å². The molecule has 2 unspecified atom stereocenters. The number of rotatable bonds is 5. The van der Waals surface area contributed by atoms with Crippen molar-refractivity contribution >= 4 is 11.9 Å². The quantitative estimate of drug-likeness (QED) is 0.883. The van der Waals surface area contributed by atoms with E-state index < -0.39 is 17.9 Å². The van der Waals surface area contributed by atoms with Crippen LogP contribution in [0.25, 0.3) is 0 Å². The molecule has 1 aromatic heterocycles. The summed E-state index contributed by atoms with van der Waals surface area (Å²) in [7, 11) is 1.75. The SMILES string of the molecule is Cc1c(C(=O)NC(c2ccccc2)C(C)C(=O)O)cnn1C. The molecule has 0 saturated carbocycles. The van der Waals surface area contributed by atoms with Crippen LogP contribution in [0.5, 0.6) is 0 Å². The van der Waals surface area contributed by atoms with Crippen LogP contribution in [-0.4, -0.2) is 26.8 Å². The molecule has 0 aliphatic carbocycles. The van der Waals surface area contributed by atoms with Gasteiger partial charge in [0.1, 0.15) is 0 Å². The molecule has 0 aliphatic heterocycles. The monoisotopic (exact) mass is 301 g/mol. The molecule has 0 radical (unpaired) electrons. The zero-order valence-electron chi connectivity index (χ0n) is 12.8. The van der Waals surface area contributed by atoms with E-state index in [-0.39, 0.29) is 5.91 Å². The lowest BCUT2D eigenvalue weighted by Crippen LogP contribution is -2.35. The van der Waals surface area contributed by atoms with Gasteiger partial charge in [-0.05, 0) is 19.4 Å².